The Kier molecular flexibility index (Phi) is 2.86. The van der Waals surface area contributed by atoms with E-state index in [9.17, 15) is 5.11 Å². The molecule has 1 aliphatic heterocycles. The van der Waals surface area contributed by atoms with Crippen LogP contribution >= 0.6 is 0 Å². The molecule has 0 aromatic carbocycles. The highest BCUT2D eigenvalue weighted by atomic mass is 16.3. The molecule has 3 heteroatoms. The highest BCUT2D eigenvalue weighted by molar-refractivity contribution is 4.89. The van der Waals surface area contributed by atoms with Crippen molar-refractivity contribution in [1.29, 1.82) is 0 Å². The van der Waals surface area contributed by atoms with Crippen LogP contribution in [0.1, 0.15) is 19.3 Å². The van der Waals surface area contributed by atoms with Crippen molar-refractivity contribution in [2.45, 2.75) is 25.4 Å². The van der Waals surface area contributed by atoms with E-state index < -0.39 is 0 Å². The van der Waals surface area contributed by atoms with E-state index in [4.69, 9.17) is 5.73 Å². The van der Waals surface area contributed by atoms with E-state index in [2.05, 4.69) is 4.90 Å². The van der Waals surface area contributed by atoms with Gasteiger partial charge in [-0.05, 0) is 37.6 Å². The van der Waals surface area contributed by atoms with E-state index in [1.807, 2.05) is 0 Å². The first kappa shape index (κ1) is 9.44. The molecule has 3 N–H and O–H groups in total. The van der Waals surface area contributed by atoms with Crippen molar-refractivity contribution in [3.63, 3.8) is 0 Å². The van der Waals surface area contributed by atoms with Crippen LogP contribution in [-0.2, 0) is 0 Å². The SMILES string of the molecule is NC[C@H]1C[C@H]1CN1CCC(O)CC1. The molecule has 1 heterocycles. The zero-order chi connectivity index (χ0) is 9.26. The minimum Gasteiger partial charge on any atom is -0.393 e. The van der Waals surface area contributed by atoms with E-state index in [1.165, 1.54) is 13.0 Å². The number of rotatable bonds is 3. The first-order chi connectivity index (χ1) is 6.29. The second-order valence-corrected chi connectivity index (χ2v) is 4.52. The fraction of sp³-hybridized carbons (Fsp3) is 1.00. The smallest absolute Gasteiger partial charge is 0.0564 e. The number of hydrogen-bond acceptors (Lipinski definition) is 3. The standard InChI is InChI=1S/C10H20N2O/c11-6-8-5-9(8)7-12-3-1-10(13)2-4-12/h8-10,13H,1-7,11H2/t8-,9+/m1/s1. The lowest BCUT2D eigenvalue weighted by Gasteiger charge is -2.29. The third-order valence-corrected chi connectivity index (χ3v) is 3.42. The highest BCUT2D eigenvalue weighted by Gasteiger charge is 2.37. The van der Waals surface area contributed by atoms with Crippen molar-refractivity contribution in [3.8, 4) is 0 Å². The maximum absolute atomic E-state index is 9.33. The summed E-state index contributed by atoms with van der Waals surface area (Å²) >= 11 is 0. The van der Waals surface area contributed by atoms with Crippen LogP contribution in [0.3, 0.4) is 0 Å². The maximum atomic E-state index is 9.33. The van der Waals surface area contributed by atoms with Crippen molar-refractivity contribution in [2.24, 2.45) is 17.6 Å². The van der Waals surface area contributed by atoms with Gasteiger partial charge in [-0.25, -0.2) is 0 Å². The Morgan fingerprint density at radius 1 is 1.23 bits per heavy atom. The van der Waals surface area contributed by atoms with E-state index in [0.29, 0.717) is 0 Å². The monoisotopic (exact) mass is 184 g/mol. The highest BCUT2D eigenvalue weighted by Crippen LogP contribution is 2.38. The van der Waals surface area contributed by atoms with Crippen molar-refractivity contribution in [2.75, 3.05) is 26.2 Å². The minimum atomic E-state index is -0.0410. The fourth-order valence-corrected chi connectivity index (χ4v) is 2.26. The Hall–Kier alpha value is -0.120. The number of hydrogen-bond donors (Lipinski definition) is 2. The third-order valence-electron chi connectivity index (χ3n) is 3.42. The molecule has 1 saturated heterocycles. The lowest BCUT2D eigenvalue weighted by Crippen LogP contribution is -2.37. The van der Waals surface area contributed by atoms with Gasteiger partial charge in [0.2, 0.25) is 0 Å². The van der Waals surface area contributed by atoms with Gasteiger partial charge in [-0.2, -0.15) is 0 Å². The topological polar surface area (TPSA) is 49.5 Å². The molecule has 0 amide bonds. The van der Waals surface area contributed by atoms with Crippen LogP contribution in [0, 0.1) is 11.8 Å². The van der Waals surface area contributed by atoms with Gasteiger partial charge < -0.3 is 15.7 Å². The summed E-state index contributed by atoms with van der Waals surface area (Å²) in [5.74, 6) is 1.66. The second kappa shape index (κ2) is 3.95. The number of nitrogens with two attached hydrogens (primary N) is 1. The zero-order valence-corrected chi connectivity index (χ0v) is 8.15. The largest absolute Gasteiger partial charge is 0.393 e. The Morgan fingerprint density at radius 3 is 2.46 bits per heavy atom. The molecule has 1 saturated carbocycles. The number of likely N-dealkylation sites (tertiary alicyclic amines) is 1. The molecule has 0 bridgehead atoms. The van der Waals surface area contributed by atoms with Gasteiger partial charge in [0.25, 0.3) is 0 Å². The Bertz CT molecular complexity index is 166. The summed E-state index contributed by atoms with van der Waals surface area (Å²) in [6.07, 6.45) is 3.20. The molecular formula is C10H20N2O. The molecule has 1 aliphatic carbocycles. The normalized spacial score (nSPS) is 36.5. The molecular weight excluding hydrogens is 164 g/mol. The lowest BCUT2D eigenvalue weighted by atomic mass is 10.1. The third kappa shape index (κ3) is 2.42. The summed E-state index contributed by atoms with van der Waals surface area (Å²) in [7, 11) is 0. The lowest BCUT2D eigenvalue weighted by molar-refractivity contribution is 0.0798. The van der Waals surface area contributed by atoms with E-state index in [-0.39, 0.29) is 6.10 Å². The predicted molar refractivity (Wildman–Crippen MR) is 52.3 cm³/mol. The molecule has 13 heavy (non-hydrogen) atoms. The molecule has 3 nitrogen and oxygen atoms in total. The number of aliphatic hydroxyl groups excluding tert-OH is 1. The van der Waals surface area contributed by atoms with Crippen LogP contribution < -0.4 is 5.73 Å². The maximum Gasteiger partial charge on any atom is 0.0564 e. The number of nitrogens with zero attached hydrogens (tertiary/aromatic N) is 1. The zero-order valence-electron chi connectivity index (χ0n) is 8.15. The summed E-state index contributed by atoms with van der Waals surface area (Å²) in [6.45, 7) is 4.24. The number of aliphatic hydroxyl groups is 1. The Labute approximate surface area is 79.9 Å². The quantitative estimate of drug-likeness (QED) is 0.651. The summed E-state index contributed by atoms with van der Waals surface area (Å²) < 4.78 is 0. The van der Waals surface area contributed by atoms with Crippen LogP contribution in [-0.4, -0.2) is 42.3 Å². The molecule has 2 rings (SSSR count). The molecule has 76 valence electrons. The first-order valence-electron chi connectivity index (χ1n) is 5.40. The van der Waals surface area contributed by atoms with Gasteiger partial charge in [0, 0.05) is 19.6 Å². The van der Waals surface area contributed by atoms with Gasteiger partial charge in [0.05, 0.1) is 6.10 Å². The summed E-state index contributed by atoms with van der Waals surface area (Å²) in [6, 6.07) is 0. The van der Waals surface area contributed by atoms with Gasteiger partial charge >= 0.3 is 0 Å². The summed E-state index contributed by atoms with van der Waals surface area (Å²) in [5.41, 5.74) is 5.59. The predicted octanol–water partition coefficient (Wildman–Crippen LogP) is 0.0379. The summed E-state index contributed by atoms with van der Waals surface area (Å²) in [5, 5.41) is 9.33. The van der Waals surface area contributed by atoms with Crippen molar-refractivity contribution in [1.82, 2.24) is 4.90 Å². The molecule has 0 spiro atoms. The van der Waals surface area contributed by atoms with E-state index >= 15 is 0 Å². The Morgan fingerprint density at radius 2 is 1.92 bits per heavy atom. The Balaban J connectivity index is 1.66. The van der Waals surface area contributed by atoms with Crippen molar-refractivity contribution < 1.29 is 5.11 Å². The van der Waals surface area contributed by atoms with Gasteiger partial charge in [0.1, 0.15) is 0 Å². The van der Waals surface area contributed by atoms with Crippen LogP contribution in [0.15, 0.2) is 0 Å². The molecule has 0 unspecified atom stereocenters. The molecule has 2 fully saturated rings. The van der Waals surface area contributed by atoms with Gasteiger partial charge in [-0.15, -0.1) is 0 Å². The van der Waals surface area contributed by atoms with Crippen LogP contribution in [0.4, 0.5) is 0 Å². The molecule has 2 atom stereocenters. The first-order valence-corrected chi connectivity index (χ1v) is 5.40. The molecule has 0 aromatic heterocycles. The van der Waals surface area contributed by atoms with Crippen molar-refractivity contribution in [3.05, 3.63) is 0 Å². The average Bonchev–Trinajstić information content (AvgIpc) is 2.88. The van der Waals surface area contributed by atoms with E-state index in [1.54, 1.807) is 0 Å². The molecule has 0 aromatic rings. The van der Waals surface area contributed by atoms with Gasteiger partial charge in [0.15, 0.2) is 0 Å². The van der Waals surface area contributed by atoms with Crippen molar-refractivity contribution >= 4 is 0 Å². The van der Waals surface area contributed by atoms with Crippen LogP contribution in [0.25, 0.3) is 0 Å². The van der Waals surface area contributed by atoms with E-state index in [0.717, 1.165) is 44.3 Å². The van der Waals surface area contributed by atoms with Crippen LogP contribution in [0.5, 0.6) is 0 Å². The molecule has 0 radical (unpaired) electrons. The minimum absolute atomic E-state index is 0.0410. The van der Waals surface area contributed by atoms with Crippen LogP contribution in [0.2, 0.25) is 0 Å². The second-order valence-electron chi connectivity index (χ2n) is 4.52. The summed E-state index contributed by atoms with van der Waals surface area (Å²) in [4.78, 5) is 2.48. The van der Waals surface area contributed by atoms with Gasteiger partial charge in [-0.3, -0.25) is 0 Å². The molecule has 2 aliphatic rings. The average molecular weight is 184 g/mol. The van der Waals surface area contributed by atoms with Gasteiger partial charge in [-0.1, -0.05) is 0 Å². The number of piperidine rings is 1. The fourth-order valence-electron chi connectivity index (χ4n) is 2.26.